The molecule has 0 saturated carbocycles. The van der Waals surface area contributed by atoms with E-state index in [1.807, 2.05) is 19.1 Å². The summed E-state index contributed by atoms with van der Waals surface area (Å²) in [5, 5.41) is 22.9. The highest BCUT2D eigenvalue weighted by Crippen LogP contribution is 2.44. The highest BCUT2D eigenvalue weighted by atomic mass is 32.2. The SMILES string of the molecule is COc1cc(-c2c(C#N)c(N)nc(SCCC(=O)Nc3cc(C)ccn3)c2C#N)cc(OC)c1OC. The van der Waals surface area contributed by atoms with Gasteiger partial charge in [-0.25, -0.2) is 9.97 Å². The first-order valence-electron chi connectivity index (χ1n) is 10.7. The molecule has 3 N–H and O–H groups in total. The lowest BCUT2D eigenvalue weighted by atomic mass is 9.96. The number of nitrogens with zero attached hydrogens (tertiary/aromatic N) is 4. The van der Waals surface area contributed by atoms with E-state index in [1.165, 1.54) is 33.1 Å². The first-order chi connectivity index (χ1) is 17.4. The Hall–Kier alpha value is -4.48. The number of nitrogens with two attached hydrogens (primary N) is 1. The average molecular weight is 505 g/mol. The molecule has 0 atom stereocenters. The number of rotatable bonds is 9. The summed E-state index contributed by atoms with van der Waals surface area (Å²) in [6, 6.07) is 11.1. The van der Waals surface area contributed by atoms with Crippen molar-refractivity contribution < 1.29 is 19.0 Å². The standard InChI is InChI=1S/C25H24N6O4S/c1-14-5-7-29-20(9-14)30-21(32)6-8-36-25-17(13-27)22(16(12-26)24(28)31-25)15-10-18(33-2)23(35-4)19(11-15)34-3/h5,7,9-11H,6,8H2,1-4H3,(H2,28,31)(H,29,30,32). The van der Waals surface area contributed by atoms with Crippen molar-refractivity contribution >= 4 is 29.3 Å². The maximum atomic E-state index is 12.4. The number of thioether (sulfide) groups is 1. The van der Waals surface area contributed by atoms with Crippen LogP contribution in [0, 0.1) is 29.6 Å². The number of hydrogen-bond donors (Lipinski definition) is 2. The molecule has 0 bridgehead atoms. The Labute approximate surface area is 213 Å². The lowest BCUT2D eigenvalue weighted by Crippen LogP contribution is -2.13. The molecule has 184 valence electrons. The fourth-order valence-electron chi connectivity index (χ4n) is 3.47. The number of nitriles is 2. The fourth-order valence-corrected chi connectivity index (χ4v) is 4.40. The molecule has 3 aromatic rings. The summed E-state index contributed by atoms with van der Waals surface area (Å²) in [5.74, 6) is 1.59. The molecule has 3 rings (SSSR count). The topological polar surface area (TPSA) is 156 Å². The van der Waals surface area contributed by atoms with Crippen LogP contribution in [0.5, 0.6) is 17.2 Å². The second-order valence-corrected chi connectivity index (χ2v) is 8.51. The minimum absolute atomic E-state index is 0.0313. The van der Waals surface area contributed by atoms with Gasteiger partial charge in [0, 0.05) is 23.9 Å². The monoisotopic (exact) mass is 504 g/mol. The van der Waals surface area contributed by atoms with Crippen LogP contribution in [-0.2, 0) is 4.79 Å². The summed E-state index contributed by atoms with van der Waals surface area (Å²) in [5.41, 5.74) is 8.05. The summed E-state index contributed by atoms with van der Waals surface area (Å²) in [6.45, 7) is 1.91. The van der Waals surface area contributed by atoms with Crippen LogP contribution in [0.4, 0.5) is 11.6 Å². The second-order valence-electron chi connectivity index (χ2n) is 7.43. The maximum absolute atomic E-state index is 12.4. The molecular formula is C25H24N6O4S. The molecule has 0 saturated heterocycles. The summed E-state index contributed by atoms with van der Waals surface area (Å²) < 4.78 is 16.2. The molecule has 0 unspecified atom stereocenters. The van der Waals surface area contributed by atoms with E-state index in [-0.39, 0.29) is 29.3 Å². The summed E-state index contributed by atoms with van der Waals surface area (Å²) in [6.07, 6.45) is 1.76. The molecule has 0 radical (unpaired) electrons. The molecule has 0 fully saturated rings. The Morgan fingerprint density at radius 1 is 1.08 bits per heavy atom. The highest BCUT2D eigenvalue weighted by Gasteiger charge is 2.23. The van der Waals surface area contributed by atoms with Gasteiger partial charge in [0.05, 0.1) is 26.9 Å². The Kier molecular flexibility index (Phi) is 8.55. The van der Waals surface area contributed by atoms with E-state index < -0.39 is 0 Å². The maximum Gasteiger partial charge on any atom is 0.226 e. The van der Waals surface area contributed by atoms with Crippen molar-refractivity contribution in [2.75, 3.05) is 38.1 Å². The van der Waals surface area contributed by atoms with Gasteiger partial charge in [0.2, 0.25) is 11.7 Å². The van der Waals surface area contributed by atoms with Crippen molar-refractivity contribution in [2.24, 2.45) is 0 Å². The van der Waals surface area contributed by atoms with E-state index >= 15 is 0 Å². The molecule has 36 heavy (non-hydrogen) atoms. The lowest BCUT2D eigenvalue weighted by molar-refractivity contribution is -0.115. The summed E-state index contributed by atoms with van der Waals surface area (Å²) in [4.78, 5) is 20.8. The number of amides is 1. The zero-order chi connectivity index (χ0) is 26.2. The number of nitrogens with one attached hydrogen (secondary N) is 1. The first-order valence-corrected chi connectivity index (χ1v) is 11.6. The number of methoxy groups -OCH3 is 3. The lowest BCUT2D eigenvalue weighted by Gasteiger charge is -2.17. The molecule has 0 aliphatic rings. The molecule has 10 nitrogen and oxygen atoms in total. The number of hydrogen-bond acceptors (Lipinski definition) is 10. The van der Waals surface area contributed by atoms with Crippen LogP contribution in [0.25, 0.3) is 11.1 Å². The zero-order valence-electron chi connectivity index (χ0n) is 20.2. The van der Waals surface area contributed by atoms with E-state index in [2.05, 4.69) is 21.4 Å². The van der Waals surface area contributed by atoms with Gasteiger partial charge in [-0.2, -0.15) is 10.5 Å². The van der Waals surface area contributed by atoms with Crippen molar-refractivity contribution in [3.63, 3.8) is 0 Å². The molecule has 1 amide bonds. The van der Waals surface area contributed by atoms with E-state index in [1.54, 1.807) is 24.4 Å². The quantitative estimate of drug-likeness (QED) is 0.409. The number of anilines is 2. The van der Waals surface area contributed by atoms with Gasteiger partial charge < -0.3 is 25.3 Å². The number of nitrogen functional groups attached to an aromatic ring is 1. The average Bonchev–Trinajstić information content (AvgIpc) is 2.87. The number of ether oxygens (including phenoxy) is 3. The largest absolute Gasteiger partial charge is 0.493 e. The van der Waals surface area contributed by atoms with Crippen molar-refractivity contribution in [2.45, 2.75) is 18.4 Å². The van der Waals surface area contributed by atoms with Crippen LogP contribution in [0.3, 0.4) is 0 Å². The minimum atomic E-state index is -0.231. The summed E-state index contributed by atoms with van der Waals surface area (Å²) in [7, 11) is 4.42. The van der Waals surface area contributed by atoms with Crippen molar-refractivity contribution in [3.8, 4) is 40.5 Å². The number of carbonyl (C=O) groups is 1. The van der Waals surface area contributed by atoms with Gasteiger partial charge in [0.15, 0.2) is 11.5 Å². The van der Waals surface area contributed by atoms with Crippen LogP contribution in [0.2, 0.25) is 0 Å². The molecule has 0 spiro atoms. The third-order valence-corrected chi connectivity index (χ3v) is 6.10. The molecular weight excluding hydrogens is 480 g/mol. The van der Waals surface area contributed by atoms with E-state index in [9.17, 15) is 15.3 Å². The molecule has 1 aromatic carbocycles. The molecule has 2 heterocycles. The predicted molar refractivity (Wildman–Crippen MR) is 136 cm³/mol. The minimum Gasteiger partial charge on any atom is -0.493 e. The molecule has 11 heteroatoms. The Morgan fingerprint density at radius 2 is 1.75 bits per heavy atom. The van der Waals surface area contributed by atoms with Gasteiger partial charge in [0.25, 0.3) is 0 Å². The van der Waals surface area contributed by atoms with Gasteiger partial charge in [0.1, 0.15) is 34.4 Å². The van der Waals surface area contributed by atoms with Crippen molar-refractivity contribution in [1.29, 1.82) is 10.5 Å². The van der Waals surface area contributed by atoms with Crippen molar-refractivity contribution in [1.82, 2.24) is 9.97 Å². The normalized spacial score (nSPS) is 10.2. The third-order valence-electron chi connectivity index (χ3n) is 5.12. The van der Waals surface area contributed by atoms with E-state index in [4.69, 9.17) is 19.9 Å². The van der Waals surface area contributed by atoms with Crippen molar-refractivity contribution in [3.05, 3.63) is 47.2 Å². The van der Waals surface area contributed by atoms with E-state index in [0.29, 0.717) is 45.0 Å². The number of carbonyl (C=O) groups excluding carboxylic acids is 1. The van der Waals surface area contributed by atoms with Crippen LogP contribution in [0.15, 0.2) is 35.5 Å². The Morgan fingerprint density at radius 3 is 2.31 bits per heavy atom. The Bertz CT molecular complexity index is 1360. The number of aryl methyl sites for hydroxylation is 1. The van der Waals surface area contributed by atoms with Crippen LogP contribution >= 0.6 is 11.8 Å². The fraction of sp³-hybridized carbons (Fsp3) is 0.240. The van der Waals surface area contributed by atoms with Gasteiger partial charge >= 0.3 is 0 Å². The zero-order valence-corrected chi connectivity index (χ0v) is 21.0. The number of aromatic nitrogens is 2. The van der Waals surface area contributed by atoms with Crippen LogP contribution in [0.1, 0.15) is 23.1 Å². The first kappa shape index (κ1) is 26.1. The molecule has 0 aliphatic heterocycles. The van der Waals surface area contributed by atoms with E-state index in [0.717, 1.165) is 5.56 Å². The number of pyridine rings is 2. The third kappa shape index (κ3) is 5.59. The van der Waals surface area contributed by atoms with Gasteiger partial charge in [-0.05, 0) is 42.3 Å². The second kappa shape index (κ2) is 11.8. The van der Waals surface area contributed by atoms with Crippen LogP contribution < -0.4 is 25.3 Å². The number of benzene rings is 1. The molecule has 0 aliphatic carbocycles. The van der Waals surface area contributed by atoms with Gasteiger partial charge in [-0.15, -0.1) is 11.8 Å². The molecule has 2 aromatic heterocycles. The van der Waals surface area contributed by atoms with Gasteiger partial charge in [-0.3, -0.25) is 4.79 Å². The summed E-state index contributed by atoms with van der Waals surface area (Å²) >= 11 is 1.19. The Balaban J connectivity index is 1.95. The smallest absolute Gasteiger partial charge is 0.226 e. The van der Waals surface area contributed by atoms with Crippen LogP contribution in [-0.4, -0.2) is 43.0 Å². The predicted octanol–water partition coefficient (Wildman–Crippen LogP) is 3.92. The van der Waals surface area contributed by atoms with Gasteiger partial charge in [-0.1, -0.05) is 0 Å². The highest BCUT2D eigenvalue weighted by molar-refractivity contribution is 7.99.